The molecule has 14 heavy (non-hydrogen) atoms. The lowest BCUT2D eigenvalue weighted by molar-refractivity contribution is 0.260. The fraction of sp³-hybridized carbons (Fsp3) is 0.182. The second-order valence-corrected chi connectivity index (χ2v) is 2.97. The van der Waals surface area contributed by atoms with Crippen molar-refractivity contribution in [2.75, 3.05) is 0 Å². The van der Waals surface area contributed by atoms with Gasteiger partial charge < -0.3 is 9.15 Å². The van der Waals surface area contributed by atoms with Gasteiger partial charge in [-0.05, 0) is 19.1 Å². The van der Waals surface area contributed by atoms with Crippen molar-refractivity contribution in [2.45, 2.75) is 13.5 Å². The fourth-order valence-corrected chi connectivity index (χ4v) is 1.13. The molecule has 0 unspecified atom stereocenters. The summed E-state index contributed by atoms with van der Waals surface area (Å²) in [6.45, 7) is 2.23. The highest BCUT2D eigenvalue weighted by molar-refractivity contribution is 5.20. The number of aryl methyl sites for hydroxylation is 1. The molecule has 1 aromatic carbocycles. The van der Waals surface area contributed by atoms with Crippen LogP contribution in [-0.2, 0) is 6.61 Å². The lowest BCUT2D eigenvalue weighted by Gasteiger charge is -2.01. The van der Waals surface area contributed by atoms with E-state index in [1.807, 2.05) is 37.3 Å². The van der Waals surface area contributed by atoms with Crippen LogP contribution < -0.4 is 4.74 Å². The molecular formula is C11H11NO2. The Morgan fingerprint density at radius 1 is 1.29 bits per heavy atom. The molecule has 0 saturated heterocycles. The Hall–Kier alpha value is -1.77. The van der Waals surface area contributed by atoms with Crippen LogP contribution in [0, 0.1) is 6.92 Å². The number of ether oxygens (including phenoxy) is 1. The van der Waals surface area contributed by atoms with E-state index in [0.717, 1.165) is 11.5 Å². The fourth-order valence-electron chi connectivity index (χ4n) is 1.13. The van der Waals surface area contributed by atoms with Gasteiger partial charge >= 0.3 is 0 Å². The number of rotatable bonds is 3. The average molecular weight is 189 g/mol. The lowest BCUT2D eigenvalue weighted by Crippen LogP contribution is -1.94. The SMILES string of the molecule is Cc1cnc(COc2ccccc2)o1. The van der Waals surface area contributed by atoms with Crippen molar-refractivity contribution in [1.29, 1.82) is 0 Å². The molecular weight excluding hydrogens is 178 g/mol. The van der Waals surface area contributed by atoms with Crippen LogP contribution in [0.15, 0.2) is 40.9 Å². The van der Waals surface area contributed by atoms with Crippen LogP contribution in [0.3, 0.4) is 0 Å². The van der Waals surface area contributed by atoms with Gasteiger partial charge in [0.05, 0.1) is 6.20 Å². The van der Waals surface area contributed by atoms with Gasteiger partial charge in [-0.1, -0.05) is 18.2 Å². The second-order valence-electron chi connectivity index (χ2n) is 2.97. The van der Waals surface area contributed by atoms with Crippen molar-refractivity contribution in [3.8, 4) is 5.75 Å². The van der Waals surface area contributed by atoms with E-state index in [2.05, 4.69) is 4.98 Å². The summed E-state index contributed by atoms with van der Waals surface area (Å²) < 4.78 is 10.7. The second kappa shape index (κ2) is 3.96. The first-order valence-electron chi connectivity index (χ1n) is 4.44. The summed E-state index contributed by atoms with van der Waals surface area (Å²) in [6, 6.07) is 9.60. The van der Waals surface area contributed by atoms with Gasteiger partial charge in [-0.3, -0.25) is 0 Å². The molecule has 0 fully saturated rings. The van der Waals surface area contributed by atoms with Gasteiger partial charge in [0.15, 0.2) is 6.61 Å². The summed E-state index contributed by atoms with van der Waals surface area (Å²) >= 11 is 0. The Bertz CT molecular complexity index is 395. The molecule has 0 aliphatic heterocycles. The average Bonchev–Trinajstić information content (AvgIpc) is 2.63. The Morgan fingerprint density at radius 2 is 2.07 bits per heavy atom. The number of benzene rings is 1. The van der Waals surface area contributed by atoms with Crippen molar-refractivity contribution in [1.82, 2.24) is 4.98 Å². The number of oxazole rings is 1. The number of para-hydroxylation sites is 1. The van der Waals surface area contributed by atoms with Crippen molar-refractivity contribution < 1.29 is 9.15 Å². The zero-order valence-electron chi connectivity index (χ0n) is 7.93. The lowest BCUT2D eigenvalue weighted by atomic mass is 10.3. The minimum absolute atomic E-state index is 0.373. The van der Waals surface area contributed by atoms with E-state index in [1.165, 1.54) is 0 Å². The highest BCUT2D eigenvalue weighted by Crippen LogP contribution is 2.11. The third-order valence-electron chi connectivity index (χ3n) is 1.77. The molecule has 2 aromatic rings. The Labute approximate surface area is 82.3 Å². The maximum absolute atomic E-state index is 5.45. The first-order chi connectivity index (χ1) is 6.84. The first kappa shape index (κ1) is 8.81. The minimum Gasteiger partial charge on any atom is -0.484 e. The van der Waals surface area contributed by atoms with Crippen LogP contribution in [0.25, 0.3) is 0 Å². The van der Waals surface area contributed by atoms with Gasteiger partial charge in [-0.2, -0.15) is 0 Å². The molecule has 0 aliphatic rings. The summed E-state index contributed by atoms with van der Waals surface area (Å²) in [5, 5.41) is 0. The van der Waals surface area contributed by atoms with E-state index in [1.54, 1.807) is 6.20 Å². The zero-order chi connectivity index (χ0) is 9.80. The van der Waals surface area contributed by atoms with Crippen LogP contribution in [0.1, 0.15) is 11.7 Å². The van der Waals surface area contributed by atoms with E-state index in [0.29, 0.717) is 12.5 Å². The molecule has 0 bridgehead atoms. The van der Waals surface area contributed by atoms with Crippen LogP contribution in [-0.4, -0.2) is 4.98 Å². The first-order valence-corrected chi connectivity index (χ1v) is 4.44. The third-order valence-corrected chi connectivity index (χ3v) is 1.77. The quantitative estimate of drug-likeness (QED) is 0.744. The minimum atomic E-state index is 0.373. The van der Waals surface area contributed by atoms with E-state index in [4.69, 9.17) is 9.15 Å². The Kier molecular flexibility index (Phi) is 2.49. The number of aromatic nitrogens is 1. The van der Waals surface area contributed by atoms with Crippen LogP contribution in [0.5, 0.6) is 5.75 Å². The highest BCUT2D eigenvalue weighted by atomic mass is 16.5. The van der Waals surface area contributed by atoms with E-state index >= 15 is 0 Å². The number of hydrogen-bond acceptors (Lipinski definition) is 3. The van der Waals surface area contributed by atoms with Crippen LogP contribution >= 0.6 is 0 Å². The van der Waals surface area contributed by atoms with Gasteiger partial charge in [-0.15, -0.1) is 0 Å². The monoisotopic (exact) mass is 189 g/mol. The molecule has 0 amide bonds. The van der Waals surface area contributed by atoms with Crippen molar-refractivity contribution in [3.63, 3.8) is 0 Å². The predicted octanol–water partition coefficient (Wildman–Crippen LogP) is 2.56. The maximum atomic E-state index is 5.45. The van der Waals surface area contributed by atoms with E-state index in [9.17, 15) is 0 Å². The van der Waals surface area contributed by atoms with Gasteiger partial charge in [-0.25, -0.2) is 4.98 Å². The highest BCUT2D eigenvalue weighted by Gasteiger charge is 2.00. The third kappa shape index (κ3) is 2.13. The van der Waals surface area contributed by atoms with Gasteiger partial charge in [0.1, 0.15) is 11.5 Å². The molecule has 1 aromatic heterocycles. The molecule has 0 aliphatic carbocycles. The van der Waals surface area contributed by atoms with E-state index in [-0.39, 0.29) is 0 Å². The number of hydrogen-bond donors (Lipinski definition) is 0. The van der Waals surface area contributed by atoms with Crippen molar-refractivity contribution in [3.05, 3.63) is 48.2 Å². The topological polar surface area (TPSA) is 35.3 Å². The van der Waals surface area contributed by atoms with E-state index < -0.39 is 0 Å². The summed E-state index contributed by atoms with van der Waals surface area (Å²) in [5.41, 5.74) is 0. The summed E-state index contributed by atoms with van der Waals surface area (Å²) in [5.74, 6) is 2.23. The normalized spacial score (nSPS) is 10.1. The zero-order valence-corrected chi connectivity index (χ0v) is 7.93. The maximum Gasteiger partial charge on any atom is 0.232 e. The van der Waals surface area contributed by atoms with Gasteiger partial charge in [0, 0.05) is 0 Å². The Morgan fingerprint density at radius 3 is 2.71 bits per heavy atom. The summed E-state index contributed by atoms with van der Waals surface area (Å²) in [4.78, 5) is 4.04. The molecule has 0 N–H and O–H groups in total. The van der Waals surface area contributed by atoms with Crippen LogP contribution in [0.4, 0.5) is 0 Å². The molecule has 3 nitrogen and oxygen atoms in total. The van der Waals surface area contributed by atoms with Crippen molar-refractivity contribution in [2.24, 2.45) is 0 Å². The molecule has 0 saturated carbocycles. The Balaban J connectivity index is 1.95. The number of nitrogens with zero attached hydrogens (tertiary/aromatic N) is 1. The molecule has 3 heteroatoms. The molecule has 72 valence electrons. The van der Waals surface area contributed by atoms with Crippen molar-refractivity contribution >= 4 is 0 Å². The predicted molar refractivity (Wildman–Crippen MR) is 52.0 cm³/mol. The molecule has 0 spiro atoms. The standard InChI is InChI=1S/C11H11NO2/c1-9-7-12-11(14-9)8-13-10-5-3-2-4-6-10/h2-7H,8H2,1H3. The molecule has 1 heterocycles. The van der Waals surface area contributed by atoms with Gasteiger partial charge in [0.2, 0.25) is 5.89 Å². The van der Waals surface area contributed by atoms with Crippen LogP contribution in [0.2, 0.25) is 0 Å². The summed E-state index contributed by atoms with van der Waals surface area (Å²) in [6.07, 6.45) is 1.68. The largest absolute Gasteiger partial charge is 0.484 e. The van der Waals surface area contributed by atoms with Gasteiger partial charge in [0.25, 0.3) is 0 Å². The molecule has 2 rings (SSSR count). The smallest absolute Gasteiger partial charge is 0.232 e. The molecule has 0 atom stereocenters. The molecule has 0 radical (unpaired) electrons. The summed E-state index contributed by atoms with van der Waals surface area (Å²) in [7, 11) is 0.